The molecule has 2 N–H and O–H groups in total. The van der Waals surface area contributed by atoms with Crippen LogP contribution in [-0.2, 0) is 9.53 Å². The molecule has 0 heterocycles. The number of aromatic hydroxyl groups is 1. The molecule has 0 bridgehead atoms. The highest BCUT2D eigenvalue weighted by molar-refractivity contribution is 9.10. The van der Waals surface area contributed by atoms with E-state index in [2.05, 4.69) is 20.7 Å². The normalized spacial score (nSPS) is 12.3. The van der Waals surface area contributed by atoms with E-state index in [0.717, 1.165) is 5.56 Å². The van der Waals surface area contributed by atoms with E-state index in [9.17, 15) is 15.0 Å². The first-order valence-corrected chi connectivity index (χ1v) is 5.43. The molecule has 1 atom stereocenters. The van der Waals surface area contributed by atoms with Crippen LogP contribution in [0.2, 0.25) is 0 Å². The van der Waals surface area contributed by atoms with Crippen LogP contribution in [0, 0.1) is 13.8 Å². The van der Waals surface area contributed by atoms with E-state index in [1.807, 2.05) is 6.92 Å². The fourth-order valence-corrected chi connectivity index (χ4v) is 1.86. The Morgan fingerprint density at radius 1 is 1.44 bits per heavy atom. The number of hydrogen-bond acceptors (Lipinski definition) is 4. The second-order valence-corrected chi connectivity index (χ2v) is 4.31. The van der Waals surface area contributed by atoms with Crippen molar-refractivity contribution in [1.82, 2.24) is 0 Å². The van der Waals surface area contributed by atoms with Crippen LogP contribution in [0.1, 0.15) is 22.8 Å². The highest BCUT2D eigenvalue weighted by Crippen LogP contribution is 2.37. The molecule has 0 saturated heterocycles. The van der Waals surface area contributed by atoms with Gasteiger partial charge in [-0.25, -0.2) is 4.79 Å². The fourth-order valence-electron chi connectivity index (χ4n) is 1.53. The molecule has 4 nitrogen and oxygen atoms in total. The summed E-state index contributed by atoms with van der Waals surface area (Å²) >= 11 is 3.19. The smallest absolute Gasteiger partial charge is 0.339 e. The van der Waals surface area contributed by atoms with E-state index in [4.69, 9.17) is 0 Å². The molecule has 0 saturated carbocycles. The lowest BCUT2D eigenvalue weighted by molar-refractivity contribution is -0.150. The second kappa shape index (κ2) is 4.84. The van der Waals surface area contributed by atoms with Crippen molar-refractivity contribution in [1.29, 1.82) is 0 Å². The van der Waals surface area contributed by atoms with Gasteiger partial charge in [-0.05, 0) is 40.9 Å². The molecule has 0 fully saturated rings. The Morgan fingerprint density at radius 2 is 2.00 bits per heavy atom. The lowest BCUT2D eigenvalue weighted by atomic mass is 10.00. The van der Waals surface area contributed by atoms with E-state index < -0.39 is 12.1 Å². The summed E-state index contributed by atoms with van der Waals surface area (Å²) in [6.45, 7) is 3.52. The average Bonchev–Trinajstić information content (AvgIpc) is 2.24. The van der Waals surface area contributed by atoms with Gasteiger partial charge in [0, 0.05) is 5.56 Å². The van der Waals surface area contributed by atoms with Crippen molar-refractivity contribution < 1.29 is 19.7 Å². The van der Waals surface area contributed by atoms with Gasteiger partial charge in [0.1, 0.15) is 5.75 Å². The summed E-state index contributed by atoms with van der Waals surface area (Å²) in [5, 5.41) is 19.6. The number of esters is 1. The van der Waals surface area contributed by atoms with E-state index >= 15 is 0 Å². The molecule has 1 unspecified atom stereocenters. The number of methoxy groups -OCH3 is 1. The third-order valence-electron chi connectivity index (χ3n) is 2.36. The third-order valence-corrected chi connectivity index (χ3v) is 3.37. The Labute approximate surface area is 102 Å². The summed E-state index contributed by atoms with van der Waals surface area (Å²) in [7, 11) is 1.18. The molecule has 16 heavy (non-hydrogen) atoms. The Hall–Kier alpha value is -1.07. The van der Waals surface area contributed by atoms with Crippen molar-refractivity contribution in [3.8, 4) is 5.75 Å². The standard InChI is InChI=1S/C11H13BrO4/c1-5-4-6(2)8(12)9(13)7(5)10(14)11(15)16-3/h4,10,13-14H,1-3H3. The van der Waals surface area contributed by atoms with Gasteiger partial charge in [-0.15, -0.1) is 0 Å². The van der Waals surface area contributed by atoms with Gasteiger partial charge in [0.2, 0.25) is 0 Å². The minimum atomic E-state index is -1.47. The molecule has 0 aromatic heterocycles. The molecule has 0 aliphatic heterocycles. The van der Waals surface area contributed by atoms with Gasteiger partial charge in [-0.3, -0.25) is 0 Å². The predicted octanol–water partition coefficient (Wildman–Crippen LogP) is 1.98. The summed E-state index contributed by atoms with van der Waals surface area (Å²) in [6.07, 6.45) is -1.47. The van der Waals surface area contributed by atoms with Crippen LogP contribution in [0.15, 0.2) is 10.5 Å². The molecule has 0 spiro atoms. The van der Waals surface area contributed by atoms with Crippen molar-refractivity contribution in [2.24, 2.45) is 0 Å². The van der Waals surface area contributed by atoms with Gasteiger partial charge < -0.3 is 14.9 Å². The fraction of sp³-hybridized carbons (Fsp3) is 0.364. The van der Waals surface area contributed by atoms with E-state index in [0.29, 0.717) is 10.0 Å². The highest BCUT2D eigenvalue weighted by atomic mass is 79.9. The van der Waals surface area contributed by atoms with Crippen molar-refractivity contribution in [3.63, 3.8) is 0 Å². The summed E-state index contributed by atoms with van der Waals surface area (Å²) in [4.78, 5) is 11.2. The number of carbonyl (C=O) groups excluding carboxylic acids is 1. The number of halogens is 1. The van der Waals surface area contributed by atoms with E-state index in [1.165, 1.54) is 7.11 Å². The van der Waals surface area contributed by atoms with Gasteiger partial charge in [-0.1, -0.05) is 6.07 Å². The summed E-state index contributed by atoms with van der Waals surface area (Å²) in [6, 6.07) is 1.77. The van der Waals surface area contributed by atoms with Crippen LogP contribution in [0.4, 0.5) is 0 Å². The number of aliphatic hydroxyl groups is 1. The molecule has 1 aromatic rings. The molecule has 5 heteroatoms. The van der Waals surface area contributed by atoms with Crippen LogP contribution in [0.25, 0.3) is 0 Å². The maximum absolute atomic E-state index is 11.2. The largest absolute Gasteiger partial charge is 0.506 e. The monoisotopic (exact) mass is 288 g/mol. The van der Waals surface area contributed by atoms with E-state index in [1.54, 1.807) is 13.0 Å². The molecule has 88 valence electrons. The zero-order chi connectivity index (χ0) is 12.5. The van der Waals surface area contributed by atoms with Crippen molar-refractivity contribution in [2.45, 2.75) is 20.0 Å². The van der Waals surface area contributed by atoms with Gasteiger partial charge in [0.05, 0.1) is 11.6 Å². The van der Waals surface area contributed by atoms with Crippen LogP contribution >= 0.6 is 15.9 Å². The zero-order valence-corrected chi connectivity index (χ0v) is 10.8. The maximum atomic E-state index is 11.2. The molecule has 0 amide bonds. The number of aliphatic hydroxyl groups excluding tert-OH is 1. The minimum absolute atomic E-state index is 0.129. The first kappa shape index (κ1) is 13.0. The van der Waals surface area contributed by atoms with Gasteiger partial charge in [0.25, 0.3) is 0 Å². The Kier molecular flexibility index (Phi) is 3.93. The molecule has 0 aliphatic rings. The Morgan fingerprint density at radius 3 is 2.50 bits per heavy atom. The number of carbonyl (C=O) groups is 1. The molecule has 0 radical (unpaired) electrons. The summed E-state index contributed by atoms with van der Waals surface area (Å²) < 4.78 is 4.90. The second-order valence-electron chi connectivity index (χ2n) is 3.51. The molecule has 0 aliphatic carbocycles. The number of aryl methyl sites for hydroxylation is 2. The van der Waals surface area contributed by atoms with Crippen molar-refractivity contribution in [2.75, 3.05) is 7.11 Å². The molecule has 1 aromatic carbocycles. The summed E-state index contributed by atoms with van der Waals surface area (Å²) in [5.74, 6) is -0.926. The van der Waals surface area contributed by atoms with Gasteiger partial charge >= 0.3 is 5.97 Å². The number of phenols is 1. The van der Waals surface area contributed by atoms with Gasteiger partial charge in [-0.2, -0.15) is 0 Å². The lowest BCUT2D eigenvalue weighted by Gasteiger charge is -2.15. The third kappa shape index (κ3) is 2.20. The SMILES string of the molecule is COC(=O)C(O)c1c(C)cc(C)c(Br)c1O. The predicted molar refractivity (Wildman–Crippen MR) is 62.3 cm³/mol. The van der Waals surface area contributed by atoms with Crippen molar-refractivity contribution in [3.05, 3.63) is 27.2 Å². The quantitative estimate of drug-likeness (QED) is 0.817. The number of ether oxygens (including phenoxy) is 1. The van der Waals surface area contributed by atoms with Crippen molar-refractivity contribution >= 4 is 21.9 Å². The Balaban J connectivity index is 3.34. The molecule has 1 rings (SSSR count). The first-order valence-electron chi connectivity index (χ1n) is 4.64. The number of hydrogen-bond donors (Lipinski definition) is 2. The summed E-state index contributed by atoms with van der Waals surface area (Å²) in [5.41, 5.74) is 1.64. The maximum Gasteiger partial charge on any atom is 0.339 e. The van der Waals surface area contributed by atoms with Crippen LogP contribution in [0.3, 0.4) is 0 Å². The highest BCUT2D eigenvalue weighted by Gasteiger charge is 2.25. The Bertz CT molecular complexity index is 428. The van der Waals surface area contributed by atoms with Crippen LogP contribution in [-0.4, -0.2) is 23.3 Å². The topological polar surface area (TPSA) is 66.8 Å². The van der Waals surface area contributed by atoms with E-state index in [-0.39, 0.29) is 11.3 Å². The number of benzene rings is 1. The lowest BCUT2D eigenvalue weighted by Crippen LogP contribution is -2.15. The number of phenolic OH excluding ortho intramolecular Hbond substituents is 1. The minimum Gasteiger partial charge on any atom is -0.506 e. The molecular weight excluding hydrogens is 276 g/mol. The average molecular weight is 289 g/mol. The number of rotatable bonds is 2. The molecular formula is C11H13BrO4. The first-order chi connectivity index (χ1) is 7.40. The van der Waals surface area contributed by atoms with Crippen LogP contribution in [0.5, 0.6) is 5.75 Å². The van der Waals surface area contributed by atoms with Gasteiger partial charge in [0.15, 0.2) is 6.10 Å². The zero-order valence-electron chi connectivity index (χ0n) is 9.24. The van der Waals surface area contributed by atoms with Crippen LogP contribution < -0.4 is 0 Å².